The molecule has 7 nitrogen and oxygen atoms in total. The molecule has 1 rings (SSSR count). The molecule has 1 aromatic rings. The van der Waals surface area contributed by atoms with Crippen molar-refractivity contribution in [2.75, 3.05) is 25.5 Å². The summed E-state index contributed by atoms with van der Waals surface area (Å²) in [4.78, 5) is 21.3. The van der Waals surface area contributed by atoms with Gasteiger partial charge in [0.2, 0.25) is 5.95 Å². The van der Waals surface area contributed by atoms with Crippen LogP contribution in [-0.2, 0) is 0 Å². The number of hydroxylamine groups is 1. The van der Waals surface area contributed by atoms with Gasteiger partial charge in [0.15, 0.2) is 0 Å². The second-order valence-electron chi connectivity index (χ2n) is 5.26. The van der Waals surface area contributed by atoms with E-state index in [-0.39, 0.29) is 11.1 Å². The first-order valence-electron chi connectivity index (χ1n) is 6.06. The monoisotopic (exact) mass is 267 g/mol. The average Bonchev–Trinajstić information content (AvgIpc) is 2.37. The molecule has 0 atom stereocenters. The van der Waals surface area contributed by atoms with Crippen LogP contribution in [0.25, 0.3) is 0 Å². The minimum atomic E-state index is -0.626. The van der Waals surface area contributed by atoms with Gasteiger partial charge in [-0.3, -0.25) is 14.9 Å². The van der Waals surface area contributed by atoms with Crippen molar-refractivity contribution in [2.45, 2.75) is 26.3 Å². The Morgan fingerprint density at radius 1 is 1.37 bits per heavy atom. The summed E-state index contributed by atoms with van der Waals surface area (Å²) in [5.41, 5.74) is 1.85. The van der Waals surface area contributed by atoms with Crippen LogP contribution in [0.1, 0.15) is 31.1 Å². The fourth-order valence-electron chi connectivity index (χ4n) is 1.27. The number of nitrogens with zero attached hydrogens (tertiary/aromatic N) is 3. The Morgan fingerprint density at radius 3 is 2.42 bits per heavy atom. The summed E-state index contributed by atoms with van der Waals surface area (Å²) in [6, 6.07) is 0. The first-order valence-corrected chi connectivity index (χ1v) is 6.06. The molecule has 106 valence electrons. The summed E-state index contributed by atoms with van der Waals surface area (Å²) in [6.07, 6.45) is 2.71. The summed E-state index contributed by atoms with van der Waals surface area (Å²) in [6.45, 7) is 7.99. The lowest BCUT2D eigenvalue weighted by atomic mass is 10.1. The Kier molecular flexibility index (Phi) is 5.20. The van der Waals surface area contributed by atoms with Crippen molar-refractivity contribution in [2.24, 2.45) is 0 Å². The van der Waals surface area contributed by atoms with Crippen LogP contribution in [0.4, 0.5) is 5.95 Å². The molecule has 0 saturated heterocycles. The molecule has 0 aliphatic rings. The van der Waals surface area contributed by atoms with Gasteiger partial charge in [0.1, 0.15) is 0 Å². The molecule has 0 saturated carbocycles. The maximum atomic E-state index is 11.1. The number of likely N-dealkylation sites (N-methyl/N-ethyl adjacent to an activating group) is 1. The lowest BCUT2D eigenvalue weighted by Gasteiger charge is -2.31. The summed E-state index contributed by atoms with van der Waals surface area (Å²) in [7, 11) is 2.05. The Labute approximate surface area is 113 Å². The largest absolute Gasteiger partial charge is 0.353 e. The molecule has 0 aliphatic heterocycles. The van der Waals surface area contributed by atoms with Crippen molar-refractivity contribution in [1.82, 2.24) is 20.3 Å². The van der Waals surface area contributed by atoms with Gasteiger partial charge >= 0.3 is 0 Å². The zero-order valence-corrected chi connectivity index (χ0v) is 11.8. The number of rotatable bonds is 5. The van der Waals surface area contributed by atoms with Gasteiger partial charge in [-0.05, 0) is 27.8 Å². The average molecular weight is 267 g/mol. The highest BCUT2D eigenvalue weighted by molar-refractivity contribution is 5.92. The van der Waals surface area contributed by atoms with Crippen LogP contribution in [-0.4, -0.2) is 51.7 Å². The van der Waals surface area contributed by atoms with E-state index >= 15 is 0 Å². The van der Waals surface area contributed by atoms with E-state index in [1.165, 1.54) is 17.9 Å². The Morgan fingerprint density at radius 2 is 1.95 bits per heavy atom. The van der Waals surface area contributed by atoms with E-state index in [0.717, 1.165) is 6.54 Å². The van der Waals surface area contributed by atoms with E-state index in [1.54, 1.807) is 0 Å². The Hall–Kier alpha value is -1.73. The van der Waals surface area contributed by atoms with E-state index < -0.39 is 5.91 Å². The second kappa shape index (κ2) is 6.44. The zero-order valence-electron chi connectivity index (χ0n) is 11.8. The number of carbonyl (C=O) groups excluding carboxylic acids is 1. The number of nitrogens with one attached hydrogen (secondary N) is 2. The number of aromatic nitrogens is 2. The molecule has 0 aromatic carbocycles. The number of hydrogen-bond acceptors (Lipinski definition) is 6. The number of carbonyl (C=O) groups is 1. The van der Waals surface area contributed by atoms with Gasteiger partial charge < -0.3 is 5.32 Å². The van der Waals surface area contributed by atoms with E-state index in [1.807, 2.05) is 0 Å². The third-order valence-electron chi connectivity index (χ3n) is 2.89. The highest BCUT2D eigenvalue weighted by atomic mass is 16.5. The minimum Gasteiger partial charge on any atom is -0.353 e. The van der Waals surface area contributed by atoms with Crippen LogP contribution in [0.5, 0.6) is 0 Å². The van der Waals surface area contributed by atoms with E-state index in [2.05, 4.69) is 48.0 Å². The highest BCUT2D eigenvalue weighted by Gasteiger charge is 2.15. The van der Waals surface area contributed by atoms with Gasteiger partial charge in [-0.15, -0.1) is 0 Å². The summed E-state index contributed by atoms with van der Waals surface area (Å²) in [5, 5.41) is 11.5. The molecule has 1 aromatic heterocycles. The van der Waals surface area contributed by atoms with Crippen molar-refractivity contribution < 1.29 is 10.0 Å². The van der Waals surface area contributed by atoms with Gasteiger partial charge in [0, 0.05) is 31.0 Å². The van der Waals surface area contributed by atoms with E-state index in [4.69, 9.17) is 5.21 Å². The zero-order chi connectivity index (χ0) is 14.5. The predicted octanol–water partition coefficient (Wildman–Crippen LogP) is 0.738. The van der Waals surface area contributed by atoms with Crippen molar-refractivity contribution in [1.29, 1.82) is 0 Å². The molecule has 0 aliphatic carbocycles. The SMILES string of the molecule is CN(CCNc1ncc(C(=O)NO)cn1)C(C)(C)C. The van der Waals surface area contributed by atoms with Crippen LogP contribution in [0.15, 0.2) is 12.4 Å². The smallest absolute Gasteiger partial charge is 0.277 e. The lowest BCUT2D eigenvalue weighted by Crippen LogP contribution is -2.40. The van der Waals surface area contributed by atoms with Crippen molar-refractivity contribution in [3.05, 3.63) is 18.0 Å². The molecule has 0 unspecified atom stereocenters. The third kappa shape index (κ3) is 4.80. The molecule has 7 heteroatoms. The molecule has 1 amide bonds. The Bertz CT molecular complexity index is 413. The fourth-order valence-corrected chi connectivity index (χ4v) is 1.27. The van der Waals surface area contributed by atoms with Crippen LogP contribution in [0.3, 0.4) is 0 Å². The van der Waals surface area contributed by atoms with Gasteiger partial charge in [-0.1, -0.05) is 0 Å². The molecular weight excluding hydrogens is 246 g/mol. The molecule has 0 spiro atoms. The van der Waals surface area contributed by atoms with E-state index in [0.29, 0.717) is 12.5 Å². The maximum absolute atomic E-state index is 11.1. The van der Waals surface area contributed by atoms with Crippen LogP contribution in [0, 0.1) is 0 Å². The van der Waals surface area contributed by atoms with Crippen molar-refractivity contribution in [3.8, 4) is 0 Å². The number of amides is 1. The quantitative estimate of drug-likeness (QED) is 0.538. The van der Waals surface area contributed by atoms with Gasteiger partial charge in [-0.2, -0.15) is 0 Å². The van der Waals surface area contributed by atoms with Crippen LogP contribution < -0.4 is 10.8 Å². The lowest BCUT2D eigenvalue weighted by molar-refractivity contribution is 0.0705. The summed E-state index contributed by atoms with van der Waals surface area (Å²) >= 11 is 0. The van der Waals surface area contributed by atoms with Crippen LogP contribution in [0.2, 0.25) is 0 Å². The number of anilines is 1. The third-order valence-corrected chi connectivity index (χ3v) is 2.89. The van der Waals surface area contributed by atoms with Crippen molar-refractivity contribution >= 4 is 11.9 Å². The summed E-state index contributed by atoms with van der Waals surface area (Å²) < 4.78 is 0. The molecule has 19 heavy (non-hydrogen) atoms. The molecule has 0 fully saturated rings. The predicted molar refractivity (Wildman–Crippen MR) is 72.2 cm³/mol. The molecule has 0 bridgehead atoms. The van der Waals surface area contributed by atoms with Crippen LogP contribution >= 0.6 is 0 Å². The normalized spacial score (nSPS) is 11.5. The van der Waals surface area contributed by atoms with Gasteiger partial charge in [0.25, 0.3) is 5.91 Å². The second-order valence-corrected chi connectivity index (χ2v) is 5.26. The Balaban J connectivity index is 2.45. The minimum absolute atomic E-state index is 0.117. The molecule has 3 N–H and O–H groups in total. The first-order chi connectivity index (χ1) is 8.84. The van der Waals surface area contributed by atoms with Gasteiger partial charge in [0.05, 0.1) is 5.56 Å². The topological polar surface area (TPSA) is 90.4 Å². The molecule has 1 heterocycles. The van der Waals surface area contributed by atoms with E-state index in [9.17, 15) is 4.79 Å². The first kappa shape index (κ1) is 15.3. The fraction of sp³-hybridized carbons (Fsp3) is 0.583. The number of hydrogen-bond donors (Lipinski definition) is 3. The highest BCUT2D eigenvalue weighted by Crippen LogP contribution is 2.09. The summed E-state index contributed by atoms with van der Waals surface area (Å²) in [5.74, 6) is -0.171. The van der Waals surface area contributed by atoms with Gasteiger partial charge in [-0.25, -0.2) is 15.4 Å². The molecular formula is C12H21N5O2. The maximum Gasteiger partial charge on any atom is 0.277 e. The standard InChI is InChI=1S/C12H21N5O2/c1-12(2,3)17(4)6-5-13-11-14-7-9(8-15-11)10(18)16-19/h7-8,19H,5-6H2,1-4H3,(H,16,18)(H,13,14,15). The molecule has 0 radical (unpaired) electrons. The van der Waals surface area contributed by atoms with Crippen molar-refractivity contribution in [3.63, 3.8) is 0 Å².